The number of hydrogen-bond acceptors (Lipinski definition) is 7. The molecular weight excluding hydrogens is 222 g/mol. The fourth-order valence-electron chi connectivity index (χ4n) is 0.977. The van der Waals surface area contributed by atoms with Crippen LogP contribution in [0.3, 0.4) is 0 Å². The van der Waals surface area contributed by atoms with E-state index in [0.717, 1.165) is 12.0 Å². The van der Waals surface area contributed by atoms with Gasteiger partial charge in [-0.3, -0.25) is 5.43 Å². The van der Waals surface area contributed by atoms with Gasteiger partial charge in [0.1, 0.15) is 0 Å². The molecule has 0 unspecified atom stereocenters. The van der Waals surface area contributed by atoms with E-state index < -0.39 is 0 Å². The highest BCUT2D eigenvalue weighted by atomic mass is 16.5. The number of nitrogens with two attached hydrogens (primary N) is 1. The van der Waals surface area contributed by atoms with Gasteiger partial charge < -0.3 is 9.47 Å². The van der Waals surface area contributed by atoms with Crippen molar-refractivity contribution in [2.75, 3.05) is 18.6 Å². The minimum absolute atomic E-state index is 0.178. The van der Waals surface area contributed by atoms with Crippen molar-refractivity contribution in [2.45, 2.75) is 20.3 Å². The Bertz CT molecular complexity index is 383. The third-order valence-corrected chi connectivity index (χ3v) is 1.76. The van der Waals surface area contributed by atoms with Crippen LogP contribution in [0.25, 0.3) is 0 Å². The molecule has 0 spiro atoms. The van der Waals surface area contributed by atoms with Crippen LogP contribution in [0.4, 0.5) is 5.95 Å². The van der Waals surface area contributed by atoms with E-state index in [9.17, 15) is 0 Å². The fourth-order valence-corrected chi connectivity index (χ4v) is 0.977. The number of hydrogen-bond donors (Lipinski definition) is 2. The summed E-state index contributed by atoms with van der Waals surface area (Å²) >= 11 is 0. The van der Waals surface area contributed by atoms with Crippen molar-refractivity contribution < 1.29 is 9.47 Å². The van der Waals surface area contributed by atoms with Gasteiger partial charge in [0.05, 0.1) is 13.2 Å². The third-order valence-electron chi connectivity index (χ3n) is 1.76. The van der Waals surface area contributed by atoms with Crippen LogP contribution in [-0.2, 0) is 0 Å². The van der Waals surface area contributed by atoms with Crippen molar-refractivity contribution in [1.82, 2.24) is 15.0 Å². The van der Waals surface area contributed by atoms with E-state index in [4.69, 9.17) is 15.3 Å². The van der Waals surface area contributed by atoms with Crippen LogP contribution in [-0.4, -0.2) is 28.2 Å². The van der Waals surface area contributed by atoms with Gasteiger partial charge in [-0.25, -0.2) is 5.84 Å². The zero-order chi connectivity index (χ0) is 12.7. The van der Waals surface area contributed by atoms with Crippen LogP contribution in [0.15, 0.2) is 12.2 Å². The lowest BCUT2D eigenvalue weighted by Crippen LogP contribution is -2.13. The summed E-state index contributed by atoms with van der Waals surface area (Å²) in [7, 11) is 0. The van der Waals surface area contributed by atoms with E-state index in [2.05, 4.69) is 27.0 Å². The molecule has 1 aromatic heterocycles. The van der Waals surface area contributed by atoms with E-state index in [1.165, 1.54) is 0 Å². The summed E-state index contributed by atoms with van der Waals surface area (Å²) in [4.78, 5) is 11.8. The molecule has 3 N–H and O–H groups in total. The number of anilines is 1. The minimum Gasteiger partial charge on any atom is -0.464 e. The Kier molecular flexibility index (Phi) is 5.15. The van der Waals surface area contributed by atoms with Crippen molar-refractivity contribution in [1.29, 1.82) is 0 Å². The molecule has 0 fully saturated rings. The standard InChI is InChI=1S/C10H17N5O2/c1-4-16-9-12-8(15-11)13-10(14-9)17-6-5-7(2)3/h2,4-6,11H2,1,3H3,(H,12,13,14,15). The monoisotopic (exact) mass is 239 g/mol. The van der Waals surface area contributed by atoms with Crippen LogP contribution >= 0.6 is 0 Å². The smallest absolute Gasteiger partial charge is 0.324 e. The van der Waals surface area contributed by atoms with Gasteiger partial charge in [0.2, 0.25) is 5.95 Å². The molecule has 7 nitrogen and oxygen atoms in total. The van der Waals surface area contributed by atoms with E-state index in [0.29, 0.717) is 13.2 Å². The van der Waals surface area contributed by atoms with Gasteiger partial charge in [0.15, 0.2) is 0 Å². The number of nitrogen functional groups attached to an aromatic ring is 1. The highest BCUT2D eigenvalue weighted by molar-refractivity contribution is 5.25. The second kappa shape index (κ2) is 6.64. The van der Waals surface area contributed by atoms with Crippen LogP contribution in [0.2, 0.25) is 0 Å². The second-order valence-electron chi connectivity index (χ2n) is 3.36. The predicted molar refractivity (Wildman–Crippen MR) is 63.7 cm³/mol. The molecule has 0 saturated heterocycles. The van der Waals surface area contributed by atoms with Crippen molar-refractivity contribution in [3.8, 4) is 12.0 Å². The summed E-state index contributed by atoms with van der Waals surface area (Å²) < 4.78 is 10.5. The summed E-state index contributed by atoms with van der Waals surface area (Å²) in [6, 6.07) is 0.360. The van der Waals surface area contributed by atoms with Gasteiger partial charge in [-0.1, -0.05) is 5.57 Å². The second-order valence-corrected chi connectivity index (χ2v) is 3.36. The molecule has 0 aromatic carbocycles. The number of rotatable bonds is 7. The number of aromatic nitrogens is 3. The zero-order valence-corrected chi connectivity index (χ0v) is 10.1. The van der Waals surface area contributed by atoms with Crippen LogP contribution in [0, 0.1) is 0 Å². The first-order valence-corrected chi connectivity index (χ1v) is 5.28. The molecule has 0 radical (unpaired) electrons. The molecule has 0 amide bonds. The molecule has 17 heavy (non-hydrogen) atoms. The Morgan fingerprint density at radius 3 is 2.47 bits per heavy atom. The molecule has 1 heterocycles. The molecule has 1 aromatic rings. The number of nitrogens with zero attached hydrogens (tertiary/aromatic N) is 3. The Labute approximate surface area is 100 Å². The Balaban J connectivity index is 2.69. The maximum atomic E-state index is 5.35. The Morgan fingerprint density at radius 1 is 1.29 bits per heavy atom. The molecule has 0 aliphatic carbocycles. The predicted octanol–water partition coefficient (Wildman–Crippen LogP) is 0.901. The normalized spacial score (nSPS) is 9.82. The fraction of sp³-hybridized carbons (Fsp3) is 0.500. The Morgan fingerprint density at radius 2 is 1.94 bits per heavy atom. The average molecular weight is 239 g/mol. The van der Waals surface area contributed by atoms with E-state index >= 15 is 0 Å². The average Bonchev–Trinajstić information content (AvgIpc) is 2.28. The van der Waals surface area contributed by atoms with Crippen molar-refractivity contribution in [2.24, 2.45) is 5.84 Å². The van der Waals surface area contributed by atoms with Gasteiger partial charge in [-0.05, 0) is 13.8 Å². The van der Waals surface area contributed by atoms with Gasteiger partial charge in [0.25, 0.3) is 0 Å². The maximum Gasteiger partial charge on any atom is 0.324 e. The van der Waals surface area contributed by atoms with Crippen molar-refractivity contribution >= 4 is 5.95 Å². The van der Waals surface area contributed by atoms with E-state index in [1.54, 1.807) is 0 Å². The highest BCUT2D eigenvalue weighted by Crippen LogP contribution is 2.12. The molecular formula is C10H17N5O2. The highest BCUT2D eigenvalue weighted by Gasteiger charge is 2.07. The lowest BCUT2D eigenvalue weighted by atomic mass is 10.3. The van der Waals surface area contributed by atoms with Crippen molar-refractivity contribution in [3.63, 3.8) is 0 Å². The maximum absolute atomic E-state index is 5.35. The third kappa shape index (κ3) is 4.64. The molecule has 1 rings (SSSR count). The topological polar surface area (TPSA) is 95.2 Å². The summed E-state index contributed by atoms with van der Waals surface area (Å²) in [5.74, 6) is 5.44. The van der Waals surface area contributed by atoms with Crippen molar-refractivity contribution in [3.05, 3.63) is 12.2 Å². The minimum atomic E-state index is 0.178. The molecule has 0 aliphatic rings. The van der Waals surface area contributed by atoms with Crippen LogP contribution in [0.1, 0.15) is 20.3 Å². The van der Waals surface area contributed by atoms with Crippen LogP contribution in [0.5, 0.6) is 12.0 Å². The van der Waals surface area contributed by atoms with E-state index in [-0.39, 0.29) is 18.0 Å². The lowest BCUT2D eigenvalue weighted by molar-refractivity contribution is 0.272. The first-order valence-electron chi connectivity index (χ1n) is 5.28. The lowest BCUT2D eigenvalue weighted by Gasteiger charge is -2.07. The number of ether oxygens (including phenoxy) is 2. The summed E-state index contributed by atoms with van der Waals surface area (Å²) in [5, 5.41) is 0. The summed E-state index contributed by atoms with van der Waals surface area (Å²) in [6.45, 7) is 8.45. The van der Waals surface area contributed by atoms with Gasteiger partial charge in [-0.15, -0.1) is 11.6 Å². The summed E-state index contributed by atoms with van der Waals surface area (Å²) in [5.41, 5.74) is 3.35. The van der Waals surface area contributed by atoms with Crippen LogP contribution < -0.4 is 20.7 Å². The van der Waals surface area contributed by atoms with E-state index in [1.807, 2.05) is 13.8 Å². The van der Waals surface area contributed by atoms with Gasteiger partial charge in [0, 0.05) is 6.42 Å². The molecule has 0 saturated carbocycles. The molecule has 0 aliphatic heterocycles. The van der Waals surface area contributed by atoms with Gasteiger partial charge >= 0.3 is 12.0 Å². The quantitative estimate of drug-likeness (QED) is 0.414. The number of hydrazine groups is 1. The first kappa shape index (κ1) is 13.2. The zero-order valence-electron chi connectivity index (χ0n) is 10.1. The first-order chi connectivity index (χ1) is 8.15. The largest absolute Gasteiger partial charge is 0.464 e. The summed E-state index contributed by atoms with van der Waals surface area (Å²) in [6.07, 6.45) is 0.737. The molecule has 94 valence electrons. The Hall–Kier alpha value is -1.89. The molecule has 0 bridgehead atoms. The SMILES string of the molecule is C=C(C)CCOc1nc(NN)nc(OCC)n1. The van der Waals surface area contributed by atoms with Gasteiger partial charge in [-0.2, -0.15) is 9.97 Å². The molecule has 7 heteroatoms. The molecule has 0 atom stereocenters. The number of nitrogens with one attached hydrogen (secondary N) is 1.